The standard InChI is InChI=1S/C11H15N3O3/c1-17-11(16)8-4-10(13-5-9(8)12)14-3-2-7(15)6-14/h4-5,7,15H,2-3,6,12H2,1H3. The van der Waals surface area contributed by atoms with Gasteiger partial charge in [0, 0.05) is 13.1 Å². The summed E-state index contributed by atoms with van der Waals surface area (Å²) in [4.78, 5) is 17.5. The Kier molecular flexibility index (Phi) is 3.14. The van der Waals surface area contributed by atoms with Crippen LogP contribution >= 0.6 is 0 Å². The number of carbonyl (C=O) groups is 1. The van der Waals surface area contributed by atoms with Crippen LogP contribution in [0.25, 0.3) is 0 Å². The van der Waals surface area contributed by atoms with Gasteiger partial charge in [-0.3, -0.25) is 0 Å². The number of anilines is 2. The van der Waals surface area contributed by atoms with Crippen LogP contribution in [0, 0.1) is 0 Å². The Morgan fingerprint density at radius 2 is 2.47 bits per heavy atom. The van der Waals surface area contributed by atoms with Crippen molar-refractivity contribution in [3.63, 3.8) is 0 Å². The van der Waals surface area contributed by atoms with Crippen LogP contribution in [0.15, 0.2) is 12.3 Å². The Morgan fingerprint density at radius 1 is 1.71 bits per heavy atom. The lowest BCUT2D eigenvalue weighted by molar-refractivity contribution is 0.0602. The molecular formula is C11H15N3O3. The zero-order valence-corrected chi connectivity index (χ0v) is 9.59. The summed E-state index contributed by atoms with van der Waals surface area (Å²) in [5.74, 6) is 0.155. The second-order valence-electron chi connectivity index (χ2n) is 4.01. The van der Waals surface area contributed by atoms with Crippen LogP contribution in [-0.4, -0.2) is 42.4 Å². The van der Waals surface area contributed by atoms with Crippen LogP contribution in [0.2, 0.25) is 0 Å². The van der Waals surface area contributed by atoms with Gasteiger partial charge in [0.15, 0.2) is 0 Å². The van der Waals surface area contributed by atoms with E-state index in [9.17, 15) is 9.90 Å². The third-order valence-electron chi connectivity index (χ3n) is 2.81. The molecule has 0 aliphatic carbocycles. The van der Waals surface area contributed by atoms with Gasteiger partial charge in [-0.15, -0.1) is 0 Å². The average molecular weight is 237 g/mol. The Balaban J connectivity index is 2.27. The highest BCUT2D eigenvalue weighted by Crippen LogP contribution is 2.22. The number of nitrogens with two attached hydrogens (primary N) is 1. The van der Waals surface area contributed by atoms with Gasteiger partial charge in [0.25, 0.3) is 0 Å². The molecule has 2 rings (SSSR count). The number of ether oxygens (including phenoxy) is 1. The van der Waals surface area contributed by atoms with Crippen LogP contribution in [0.1, 0.15) is 16.8 Å². The van der Waals surface area contributed by atoms with Gasteiger partial charge in [0.2, 0.25) is 0 Å². The fraction of sp³-hybridized carbons (Fsp3) is 0.455. The van der Waals surface area contributed by atoms with Crippen molar-refractivity contribution in [1.29, 1.82) is 0 Å². The molecule has 1 aromatic heterocycles. The molecule has 1 unspecified atom stereocenters. The van der Waals surface area contributed by atoms with E-state index in [0.29, 0.717) is 30.0 Å². The Morgan fingerprint density at radius 3 is 3.06 bits per heavy atom. The summed E-state index contributed by atoms with van der Waals surface area (Å²) in [6.07, 6.45) is 1.81. The van der Waals surface area contributed by atoms with Crippen LogP contribution in [0.4, 0.5) is 11.5 Å². The first-order valence-electron chi connectivity index (χ1n) is 5.38. The predicted octanol–water partition coefficient (Wildman–Crippen LogP) is 0.0214. The summed E-state index contributed by atoms with van der Waals surface area (Å²) in [5.41, 5.74) is 6.26. The maximum absolute atomic E-state index is 11.5. The van der Waals surface area contributed by atoms with E-state index in [0.717, 1.165) is 6.54 Å². The largest absolute Gasteiger partial charge is 0.465 e. The molecule has 0 bridgehead atoms. The maximum Gasteiger partial charge on any atom is 0.340 e. The molecule has 0 aromatic carbocycles. The topological polar surface area (TPSA) is 88.7 Å². The molecular weight excluding hydrogens is 222 g/mol. The first kappa shape index (κ1) is 11.7. The number of nitrogens with zero attached hydrogens (tertiary/aromatic N) is 2. The Bertz CT molecular complexity index is 436. The minimum atomic E-state index is -0.481. The molecule has 17 heavy (non-hydrogen) atoms. The van der Waals surface area contributed by atoms with Gasteiger partial charge in [0.05, 0.1) is 30.7 Å². The number of carbonyl (C=O) groups excluding carboxylic acids is 1. The first-order valence-corrected chi connectivity index (χ1v) is 5.38. The van der Waals surface area contributed by atoms with Gasteiger partial charge in [0.1, 0.15) is 5.82 Å². The number of aromatic nitrogens is 1. The molecule has 1 saturated heterocycles. The number of aliphatic hydroxyl groups excluding tert-OH is 1. The van der Waals surface area contributed by atoms with Crippen LogP contribution in [-0.2, 0) is 4.74 Å². The summed E-state index contributed by atoms with van der Waals surface area (Å²) in [6.45, 7) is 1.25. The number of β-amino-alcohol motifs (C(OH)–C–C–N with tert-alkyl or cyclic N) is 1. The van der Waals surface area contributed by atoms with Crippen molar-refractivity contribution < 1.29 is 14.6 Å². The smallest absolute Gasteiger partial charge is 0.340 e. The lowest BCUT2D eigenvalue weighted by Gasteiger charge is -2.17. The monoisotopic (exact) mass is 237 g/mol. The van der Waals surface area contributed by atoms with E-state index >= 15 is 0 Å². The Labute approximate surface area is 99.0 Å². The molecule has 6 nitrogen and oxygen atoms in total. The lowest BCUT2D eigenvalue weighted by Crippen LogP contribution is -2.23. The highest BCUT2D eigenvalue weighted by atomic mass is 16.5. The number of nitrogen functional groups attached to an aromatic ring is 1. The predicted molar refractivity (Wildman–Crippen MR) is 62.8 cm³/mol. The van der Waals surface area contributed by atoms with Crippen molar-refractivity contribution in [2.75, 3.05) is 30.8 Å². The van der Waals surface area contributed by atoms with E-state index in [-0.39, 0.29) is 6.10 Å². The molecule has 0 amide bonds. The summed E-state index contributed by atoms with van der Waals surface area (Å²) in [6, 6.07) is 1.60. The number of pyridine rings is 1. The van der Waals surface area contributed by atoms with Crippen LogP contribution < -0.4 is 10.6 Å². The molecule has 1 atom stereocenters. The second kappa shape index (κ2) is 4.58. The normalized spacial score (nSPS) is 19.4. The van der Waals surface area contributed by atoms with Crippen molar-refractivity contribution >= 4 is 17.5 Å². The van der Waals surface area contributed by atoms with Gasteiger partial charge in [-0.2, -0.15) is 0 Å². The number of rotatable bonds is 2. The minimum absolute atomic E-state index is 0.292. The number of aliphatic hydroxyl groups is 1. The highest BCUT2D eigenvalue weighted by molar-refractivity contribution is 5.95. The van der Waals surface area contributed by atoms with Crippen LogP contribution in [0.3, 0.4) is 0 Å². The molecule has 6 heteroatoms. The fourth-order valence-corrected chi connectivity index (χ4v) is 1.86. The third-order valence-corrected chi connectivity index (χ3v) is 2.81. The summed E-state index contributed by atoms with van der Waals surface area (Å²) in [5, 5.41) is 9.45. The van der Waals surface area contributed by atoms with Gasteiger partial charge in [-0.05, 0) is 12.5 Å². The van der Waals surface area contributed by atoms with E-state index in [1.54, 1.807) is 6.07 Å². The first-order chi connectivity index (χ1) is 8.11. The molecule has 2 heterocycles. The van der Waals surface area contributed by atoms with Crippen molar-refractivity contribution in [3.8, 4) is 0 Å². The van der Waals surface area contributed by atoms with Gasteiger partial charge in [-0.1, -0.05) is 0 Å². The van der Waals surface area contributed by atoms with Crippen molar-refractivity contribution in [2.24, 2.45) is 0 Å². The van der Waals surface area contributed by atoms with E-state index in [4.69, 9.17) is 5.73 Å². The van der Waals surface area contributed by atoms with Crippen molar-refractivity contribution in [3.05, 3.63) is 17.8 Å². The zero-order chi connectivity index (χ0) is 12.4. The molecule has 92 valence electrons. The lowest BCUT2D eigenvalue weighted by atomic mass is 10.2. The fourth-order valence-electron chi connectivity index (χ4n) is 1.86. The number of methoxy groups -OCH3 is 1. The summed E-state index contributed by atoms with van der Waals surface area (Å²) in [7, 11) is 1.31. The SMILES string of the molecule is COC(=O)c1cc(N2CCC(O)C2)ncc1N. The van der Waals surface area contributed by atoms with Gasteiger partial charge >= 0.3 is 5.97 Å². The molecule has 3 N–H and O–H groups in total. The summed E-state index contributed by atoms with van der Waals surface area (Å²) < 4.78 is 4.64. The molecule has 1 aromatic rings. The molecule has 1 aliphatic rings. The number of hydrogen-bond donors (Lipinski definition) is 2. The van der Waals surface area contributed by atoms with E-state index in [1.807, 2.05) is 4.90 Å². The van der Waals surface area contributed by atoms with Crippen molar-refractivity contribution in [2.45, 2.75) is 12.5 Å². The maximum atomic E-state index is 11.5. The number of hydrogen-bond acceptors (Lipinski definition) is 6. The number of esters is 1. The van der Waals surface area contributed by atoms with E-state index < -0.39 is 5.97 Å². The van der Waals surface area contributed by atoms with Gasteiger partial charge in [-0.25, -0.2) is 9.78 Å². The summed E-state index contributed by atoms with van der Waals surface area (Å²) >= 11 is 0. The quantitative estimate of drug-likeness (QED) is 0.705. The second-order valence-corrected chi connectivity index (χ2v) is 4.01. The van der Waals surface area contributed by atoms with Crippen molar-refractivity contribution in [1.82, 2.24) is 4.98 Å². The molecule has 1 fully saturated rings. The van der Waals surface area contributed by atoms with E-state index in [1.165, 1.54) is 13.3 Å². The third kappa shape index (κ3) is 2.31. The molecule has 1 aliphatic heterocycles. The van der Waals surface area contributed by atoms with Gasteiger partial charge < -0.3 is 20.5 Å². The molecule has 0 saturated carbocycles. The Hall–Kier alpha value is -1.82. The van der Waals surface area contributed by atoms with Crippen LogP contribution in [0.5, 0.6) is 0 Å². The molecule has 0 radical (unpaired) electrons. The zero-order valence-electron chi connectivity index (χ0n) is 9.59. The molecule has 0 spiro atoms. The average Bonchev–Trinajstić information content (AvgIpc) is 2.75. The highest BCUT2D eigenvalue weighted by Gasteiger charge is 2.22. The van der Waals surface area contributed by atoms with E-state index in [2.05, 4.69) is 9.72 Å². The minimum Gasteiger partial charge on any atom is -0.465 e.